The van der Waals surface area contributed by atoms with E-state index in [0.717, 1.165) is 28.0 Å². The number of tetrazole rings is 2. The number of aromatic nitrogens is 8. The van der Waals surface area contributed by atoms with Crippen LogP contribution in [0.15, 0.2) is 146 Å². The molecule has 2 aromatic heterocycles. The van der Waals surface area contributed by atoms with Gasteiger partial charge in [0.15, 0.2) is 11.6 Å². The van der Waals surface area contributed by atoms with Crippen LogP contribution in [0.5, 0.6) is 11.5 Å². The number of phenols is 1. The van der Waals surface area contributed by atoms with Crippen molar-refractivity contribution >= 4 is 0 Å². The second kappa shape index (κ2) is 15.4. The highest BCUT2D eigenvalue weighted by Gasteiger charge is 2.20. The van der Waals surface area contributed by atoms with Gasteiger partial charge in [-0.1, -0.05) is 109 Å². The highest BCUT2D eigenvalue weighted by molar-refractivity contribution is 5.85. The van der Waals surface area contributed by atoms with Crippen molar-refractivity contribution in [3.05, 3.63) is 157 Å². The fraction of sp³-hybridized carbons (Fsp3) is 0.0732. The first-order valence-electron chi connectivity index (χ1n) is 16.7. The first-order valence-corrected chi connectivity index (χ1v) is 16.7. The molecule has 0 aliphatic carbocycles. The van der Waals surface area contributed by atoms with Crippen LogP contribution in [0.1, 0.15) is 13.8 Å². The van der Waals surface area contributed by atoms with Gasteiger partial charge in [-0.15, -0.1) is 10.2 Å². The maximum Gasteiger partial charge on any atom is 0.187 e. The molecule has 10 nitrogen and oxygen atoms in total. The largest absolute Gasteiger partial charge is 0.507 e. The summed E-state index contributed by atoms with van der Waals surface area (Å²) in [6, 6.07) is 42.7. The molecule has 0 amide bonds. The summed E-state index contributed by atoms with van der Waals surface area (Å²) >= 11 is 0. The number of phenolic OH excluding ortho intramolecular Hbond substituents is 1. The summed E-state index contributed by atoms with van der Waals surface area (Å²) in [5.41, 5.74) is 5.28. The van der Waals surface area contributed by atoms with Gasteiger partial charge in [0.05, 0.1) is 6.10 Å². The molecule has 0 spiro atoms. The number of benzene rings is 6. The minimum Gasteiger partial charge on any atom is -0.507 e. The van der Waals surface area contributed by atoms with Crippen molar-refractivity contribution in [1.82, 2.24) is 40.4 Å². The highest BCUT2D eigenvalue weighted by atomic mass is 19.1. The average molecular weight is 707 g/mol. The predicted octanol–water partition coefficient (Wildman–Crippen LogP) is 8.76. The van der Waals surface area contributed by atoms with Gasteiger partial charge in [-0.3, -0.25) is 0 Å². The standard InChI is InChI=1S/C22H19FN4O.C19H13FN4O/c1-15(2)28-21-14-8-5-10-17(21)16-9-3-4-11-18(16)22-24-25-26-27(22)20-13-7-6-12-19(20)23;20-16-10-4-5-11-17(16)24-19(21-22-23-24)15-9-2-1-7-13(15)14-8-3-6-12-18(14)25/h3-15H,1-2H3;1-12,25H. The Morgan fingerprint density at radius 1 is 0.491 bits per heavy atom. The molecule has 0 aliphatic heterocycles. The lowest BCUT2D eigenvalue weighted by Gasteiger charge is -2.16. The van der Waals surface area contributed by atoms with E-state index < -0.39 is 11.6 Å². The highest BCUT2D eigenvalue weighted by Crippen LogP contribution is 2.38. The third kappa shape index (κ3) is 7.24. The first kappa shape index (κ1) is 34.4. The molecule has 1 N–H and O–H groups in total. The molecule has 53 heavy (non-hydrogen) atoms. The molecule has 0 saturated heterocycles. The summed E-state index contributed by atoms with van der Waals surface area (Å²) in [6.07, 6.45) is 0.0389. The normalized spacial score (nSPS) is 10.9. The van der Waals surface area contributed by atoms with Gasteiger partial charge < -0.3 is 9.84 Å². The minimum absolute atomic E-state index is 0.0389. The number of para-hydroxylation sites is 4. The fourth-order valence-corrected chi connectivity index (χ4v) is 5.85. The van der Waals surface area contributed by atoms with Crippen LogP contribution in [0.2, 0.25) is 0 Å². The molecular weight excluding hydrogens is 675 g/mol. The Kier molecular flexibility index (Phi) is 10.0. The number of nitrogens with zero attached hydrogens (tertiary/aromatic N) is 8. The van der Waals surface area contributed by atoms with E-state index in [-0.39, 0.29) is 17.5 Å². The first-order chi connectivity index (χ1) is 25.9. The lowest BCUT2D eigenvalue weighted by Crippen LogP contribution is -2.07. The lowest BCUT2D eigenvalue weighted by atomic mass is 9.98. The van der Waals surface area contributed by atoms with E-state index in [4.69, 9.17) is 4.74 Å². The molecule has 0 unspecified atom stereocenters. The van der Waals surface area contributed by atoms with Crippen molar-refractivity contribution in [2.24, 2.45) is 0 Å². The van der Waals surface area contributed by atoms with Crippen LogP contribution in [-0.2, 0) is 0 Å². The summed E-state index contributed by atoms with van der Waals surface area (Å²) in [5, 5.41) is 33.9. The second-order valence-electron chi connectivity index (χ2n) is 12.0. The van der Waals surface area contributed by atoms with Gasteiger partial charge in [-0.05, 0) is 82.2 Å². The number of ether oxygens (including phenoxy) is 1. The summed E-state index contributed by atoms with van der Waals surface area (Å²) in [7, 11) is 0. The Labute approximate surface area is 303 Å². The smallest absolute Gasteiger partial charge is 0.187 e. The van der Waals surface area contributed by atoms with Crippen LogP contribution in [0.3, 0.4) is 0 Å². The van der Waals surface area contributed by atoms with Crippen molar-refractivity contribution in [2.75, 3.05) is 0 Å². The van der Waals surface area contributed by atoms with Gasteiger partial charge in [-0.2, -0.15) is 9.36 Å². The van der Waals surface area contributed by atoms with Gasteiger partial charge in [0, 0.05) is 22.3 Å². The quantitative estimate of drug-likeness (QED) is 0.167. The second-order valence-corrected chi connectivity index (χ2v) is 12.0. The van der Waals surface area contributed by atoms with Crippen LogP contribution in [0.4, 0.5) is 8.78 Å². The summed E-state index contributed by atoms with van der Waals surface area (Å²) in [4.78, 5) is 0. The van der Waals surface area contributed by atoms with Gasteiger partial charge in [-0.25, -0.2) is 8.78 Å². The van der Waals surface area contributed by atoms with E-state index in [1.165, 1.54) is 21.5 Å². The van der Waals surface area contributed by atoms with E-state index in [9.17, 15) is 13.9 Å². The van der Waals surface area contributed by atoms with E-state index in [0.29, 0.717) is 28.5 Å². The Morgan fingerprint density at radius 2 is 0.887 bits per heavy atom. The molecule has 0 atom stereocenters. The molecule has 8 rings (SSSR count). The lowest BCUT2D eigenvalue weighted by molar-refractivity contribution is 0.243. The molecule has 8 aromatic rings. The van der Waals surface area contributed by atoms with Crippen LogP contribution >= 0.6 is 0 Å². The fourth-order valence-electron chi connectivity index (χ4n) is 5.85. The van der Waals surface area contributed by atoms with Crippen molar-refractivity contribution in [3.63, 3.8) is 0 Å². The Bertz CT molecular complexity index is 2500. The SMILES string of the molecule is CC(C)Oc1ccccc1-c1ccccc1-c1nnnn1-c1ccccc1F.Oc1ccccc1-c1ccccc1-c1nnnn1-c1ccccc1F. The summed E-state index contributed by atoms with van der Waals surface area (Å²) in [5.74, 6) is 0.965. The monoisotopic (exact) mass is 706 g/mol. The zero-order valence-electron chi connectivity index (χ0n) is 28.6. The topological polar surface area (TPSA) is 117 Å². The van der Waals surface area contributed by atoms with Crippen molar-refractivity contribution in [3.8, 4) is 67.9 Å². The molecule has 0 fully saturated rings. The van der Waals surface area contributed by atoms with E-state index in [1.807, 2.05) is 98.8 Å². The Balaban J connectivity index is 0.000000165. The van der Waals surface area contributed by atoms with E-state index in [1.54, 1.807) is 48.5 Å². The molecule has 0 bridgehead atoms. The predicted molar refractivity (Wildman–Crippen MR) is 197 cm³/mol. The van der Waals surface area contributed by atoms with Crippen molar-refractivity contribution in [1.29, 1.82) is 0 Å². The van der Waals surface area contributed by atoms with Crippen LogP contribution in [0.25, 0.3) is 56.4 Å². The number of aromatic hydroxyl groups is 1. The van der Waals surface area contributed by atoms with Gasteiger partial charge in [0.25, 0.3) is 0 Å². The van der Waals surface area contributed by atoms with Crippen LogP contribution in [-0.4, -0.2) is 51.6 Å². The number of hydrogen-bond acceptors (Lipinski definition) is 8. The molecule has 2 heterocycles. The number of halogens is 2. The van der Waals surface area contributed by atoms with E-state index in [2.05, 4.69) is 31.1 Å². The number of hydrogen-bond donors (Lipinski definition) is 1. The molecular formula is C41H32F2N8O2. The molecule has 0 radical (unpaired) electrons. The van der Waals surface area contributed by atoms with Crippen LogP contribution in [0, 0.1) is 11.6 Å². The van der Waals surface area contributed by atoms with E-state index >= 15 is 0 Å². The van der Waals surface area contributed by atoms with Crippen LogP contribution < -0.4 is 4.74 Å². The zero-order chi connectivity index (χ0) is 36.7. The third-order valence-electron chi connectivity index (χ3n) is 8.17. The Hall–Kier alpha value is -7.08. The van der Waals surface area contributed by atoms with Crippen molar-refractivity contribution < 1.29 is 18.6 Å². The molecule has 262 valence electrons. The average Bonchev–Trinajstić information content (AvgIpc) is 3.87. The molecule has 0 saturated carbocycles. The molecule has 6 aromatic carbocycles. The molecule has 12 heteroatoms. The molecule has 0 aliphatic rings. The van der Waals surface area contributed by atoms with Gasteiger partial charge in [0.2, 0.25) is 0 Å². The maximum absolute atomic E-state index is 14.3. The number of rotatable bonds is 8. The van der Waals surface area contributed by atoms with Gasteiger partial charge >= 0.3 is 0 Å². The third-order valence-corrected chi connectivity index (χ3v) is 8.17. The summed E-state index contributed by atoms with van der Waals surface area (Å²) < 4.78 is 37.3. The minimum atomic E-state index is -0.420. The maximum atomic E-state index is 14.3. The Morgan fingerprint density at radius 3 is 1.38 bits per heavy atom. The summed E-state index contributed by atoms with van der Waals surface area (Å²) in [6.45, 7) is 3.98. The zero-order valence-corrected chi connectivity index (χ0v) is 28.6. The van der Waals surface area contributed by atoms with Crippen molar-refractivity contribution in [2.45, 2.75) is 20.0 Å². The van der Waals surface area contributed by atoms with Gasteiger partial charge in [0.1, 0.15) is 34.5 Å².